The second kappa shape index (κ2) is 8.07. The van der Waals surface area contributed by atoms with Crippen LogP contribution in [-0.2, 0) is 22.3 Å². The molecule has 162 valence electrons. The number of carbonyl (C=O) groups excluding carboxylic acids is 1. The molecule has 0 unspecified atom stereocenters. The highest BCUT2D eigenvalue weighted by Gasteiger charge is 2.38. The van der Waals surface area contributed by atoms with Crippen LogP contribution in [0.4, 0.5) is 13.2 Å². The largest absolute Gasteiger partial charge is 0.507 e. The Bertz CT molecular complexity index is 1360. The molecule has 32 heavy (non-hydrogen) atoms. The number of ether oxygens (including phenoxy) is 1. The van der Waals surface area contributed by atoms with Gasteiger partial charge in [0.1, 0.15) is 24.8 Å². The van der Waals surface area contributed by atoms with Crippen molar-refractivity contribution in [1.29, 1.82) is 5.26 Å². The van der Waals surface area contributed by atoms with E-state index in [0.717, 1.165) is 0 Å². The van der Waals surface area contributed by atoms with Crippen molar-refractivity contribution in [1.82, 2.24) is 19.5 Å². The monoisotopic (exact) mass is 441 g/mol. The molecule has 0 radical (unpaired) electrons. The van der Waals surface area contributed by atoms with Gasteiger partial charge in [-0.15, -0.1) is 0 Å². The van der Waals surface area contributed by atoms with E-state index in [1.807, 2.05) is 0 Å². The molecule has 0 spiro atoms. The van der Waals surface area contributed by atoms with E-state index < -0.39 is 36.9 Å². The van der Waals surface area contributed by atoms with E-state index in [2.05, 4.69) is 15.0 Å². The summed E-state index contributed by atoms with van der Waals surface area (Å²) in [5, 5.41) is 19.6. The molecule has 0 saturated heterocycles. The van der Waals surface area contributed by atoms with E-state index in [1.54, 1.807) is 30.3 Å². The molecule has 11 heteroatoms. The van der Waals surface area contributed by atoms with Crippen LogP contribution in [0.25, 0.3) is 27.6 Å². The number of para-hydroxylation sites is 4. The first-order chi connectivity index (χ1) is 15.3. The van der Waals surface area contributed by atoms with Gasteiger partial charge in [0.25, 0.3) is 0 Å². The number of hydrogen-bond acceptors (Lipinski definition) is 6. The molecule has 2 heterocycles. The molecule has 0 aliphatic rings. The first-order valence-corrected chi connectivity index (χ1v) is 9.23. The molecule has 2 N–H and O–H groups in total. The number of aromatic amines is 1. The van der Waals surface area contributed by atoms with Crippen LogP contribution in [-0.4, -0.2) is 37.2 Å². The fraction of sp³-hybridized carbons (Fsp3) is 0.143. The minimum Gasteiger partial charge on any atom is -0.507 e. The SMILES string of the molecule is N#C/C(=C(/O)COC(=O)Cn1c(C(F)(F)F)nc2ccccc21)c1nc2ccccc2[nH]1. The zero-order valence-electron chi connectivity index (χ0n) is 16.2. The lowest BCUT2D eigenvalue weighted by molar-refractivity contribution is -0.150. The number of aliphatic hydroxyl groups excluding tert-OH is 1. The number of aliphatic hydroxyl groups is 1. The lowest BCUT2D eigenvalue weighted by atomic mass is 10.2. The third-order valence-corrected chi connectivity index (χ3v) is 4.59. The molecule has 2 aromatic carbocycles. The molecule has 4 rings (SSSR count). The van der Waals surface area contributed by atoms with Crippen LogP contribution in [0.1, 0.15) is 11.6 Å². The van der Waals surface area contributed by atoms with E-state index in [1.165, 1.54) is 24.3 Å². The summed E-state index contributed by atoms with van der Waals surface area (Å²) in [7, 11) is 0. The lowest BCUT2D eigenvalue weighted by Crippen LogP contribution is -2.21. The molecule has 8 nitrogen and oxygen atoms in total. The van der Waals surface area contributed by atoms with E-state index in [9.17, 15) is 28.3 Å². The van der Waals surface area contributed by atoms with Gasteiger partial charge in [-0.2, -0.15) is 18.4 Å². The van der Waals surface area contributed by atoms with Crippen LogP contribution in [0.3, 0.4) is 0 Å². The average Bonchev–Trinajstić information content (AvgIpc) is 3.34. The van der Waals surface area contributed by atoms with Crippen LogP contribution in [0.15, 0.2) is 54.3 Å². The van der Waals surface area contributed by atoms with Gasteiger partial charge in [0.15, 0.2) is 11.6 Å². The van der Waals surface area contributed by atoms with Crippen LogP contribution < -0.4 is 0 Å². The zero-order chi connectivity index (χ0) is 22.9. The topological polar surface area (TPSA) is 117 Å². The fourth-order valence-electron chi connectivity index (χ4n) is 3.17. The quantitative estimate of drug-likeness (QED) is 0.275. The third-order valence-electron chi connectivity index (χ3n) is 4.59. The van der Waals surface area contributed by atoms with Gasteiger partial charge < -0.3 is 19.4 Å². The standard InChI is InChI=1S/C21H14F3N5O3/c22-21(23,24)20-28-15-7-3-4-8-16(15)29(20)10-18(31)32-11-17(30)12(9-25)19-26-13-5-1-2-6-14(13)27-19/h1-8,30H,10-11H2,(H,26,27)/b17-12-. The van der Waals surface area contributed by atoms with Crippen molar-refractivity contribution >= 4 is 33.6 Å². The maximum absolute atomic E-state index is 13.3. The number of H-pyrrole nitrogens is 1. The van der Waals surface area contributed by atoms with Crippen molar-refractivity contribution in [3.63, 3.8) is 0 Å². The molecule has 0 saturated carbocycles. The number of carbonyl (C=O) groups is 1. The summed E-state index contributed by atoms with van der Waals surface area (Å²) >= 11 is 0. The zero-order valence-corrected chi connectivity index (χ0v) is 16.2. The minimum atomic E-state index is -4.78. The first kappa shape index (κ1) is 20.9. The number of hydrogen-bond donors (Lipinski definition) is 2. The Morgan fingerprint density at radius 1 is 1.12 bits per heavy atom. The van der Waals surface area contributed by atoms with Crippen molar-refractivity contribution in [2.75, 3.05) is 6.61 Å². The van der Waals surface area contributed by atoms with Crippen LogP contribution in [0.2, 0.25) is 0 Å². The Labute approximate surface area is 178 Å². The summed E-state index contributed by atoms with van der Waals surface area (Å²) in [4.78, 5) is 22.9. The lowest BCUT2D eigenvalue weighted by Gasteiger charge is -2.11. The Kier molecular flexibility index (Phi) is 5.28. The highest BCUT2D eigenvalue weighted by molar-refractivity contribution is 5.83. The summed E-state index contributed by atoms with van der Waals surface area (Å²) in [5.41, 5.74) is 1.13. The van der Waals surface area contributed by atoms with Crippen molar-refractivity contribution in [3.8, 4) is 6.07 Å². The van der Waals surface area contributed by atoms with E-state index >= 15 is 0 Å². The number of halogens is 3. The number of aromatic nitrogens is 4. The highest BCUT2D eigenvalue weighted by atomic mass is 19.4. The van der Waals surface area contributed by atoms with Crippen LogP contribution >= 0.6 is 0 Å². The normalized spacial score (nSPS) is 12.6. The van der Waals surface area contributed by atoms with Gasteiger partial charge in [-0.05, 0) is 24.3 Å². The summed E-state index contributed by atoms with van der Waals surface area (Å²) in [6.45, 7) is -1.50. The second-order valence-corrected chi connectivity index (χ2v) is 6.70. The molecule has 0 aliphatic carbocycles. The average molecular weight is 441 g/mol. The number of nitrogens with one attached hydrogen (secondary N) is 1. The third kappa shape index (κ3) is 3.98. The molecule has 0 bridgehead atoms. The maximum Gasteiger partial charge on any atom is 0.449 e. The maximum atomic E-state index is 13.3. The second-order valence-electron chi connectivity index (χ2n) is 6.70. The molecular formula is C21H14F3N5O3. The summed E-state index contributed by atoms with van der Waals surface area (Å²) in [6.07, 6.45) is -4.78. The molecule has 0 aliphatic heterocycles. The van der Waals surface area contributed by atoms with Gasteiger partial charge in [0.2, 0.25) is 5.82 Å². The number of benzene rings is 2. The Balaban J connectivity index is 1.54. The predicted molar refractivity (Wildman–Crippen MR) is 107 cm³/mol. The smallest absolute Gasteiger partial charge is 0.449 e. The minimum absolute atomic E-state index is 0.0715. The predicted octanol–water partition coefficient (Wildman–Crippen LogP) is 3.97. The number of imidazole rings is 2. The summed E-state index contributed by atoms with van der Waals surface area (Å²) in [6, 6.07) is 14.6. The number of nitrogens with zero attached hydrogens (tertiary/aromatic N) is 4. The molecule has 0 fully saturated rings. The number of allylic oxidation sites excluding steroid dienone is 1. The van der Waals surface area contributed by atoms with E-state index in [4.69, 9.17) is 4.74 Å². The Morgan fingerprint density at radius 2 is 1.81 bits per heavy atom. The van der Waals surface area contributed by atoms with Crippen molar-refractivity contribution in [3.05, 3.63) is 65.9 Å². The van der Waals surface area contributed by atoms with Crippen LogP contribution in [0.5, 0.6) is 0 Å². The van der Waals surface area contributed by atoms with Gasteiger partial charge in [-0.1, -0.05) is 24.3 Å². The van der Waals surface area contributed by atoms with Gasteiger partial charge in [-0.3, -0.25) is 4.79 Å². The number of rotatable bonds is 5. The van der Waals surface area contributed by atoms with Gasteiger partial charge in [-0.25, -0.2) is 9.97 Å². The summed E-state index contributed by atoms with van der Waals surface area (Å²) < 4.78 is 45.7. The molecule has 0 atom stereocenters. The van der Waals surface area contributed by atoms with E-state index in [-0.39, 0.29) is 22.4 Å². The van der Waals surface area contributed by atoms with Crippen molar-refractivity contribution in [2.45, 2.75) is 12.7 Å². The van der Waals surface area contributed by atoms with Crippen LogP contribution in [0, 0.1) is 11.3 Å². The fourth-order valence-corrected chi connectivity index (χ4v) is 3.17. The molecule has 0 amide bonds. The van der Waals surface area contributed by atoms with Gasteiger partial charge >= 0.3 is 12.1 Å². The van der Waals surface area contributed by atoms with Gasteiger partial charge in [0, 0.05) is 0 Å². The molecular weight excluding hydrogens is 427 g/mol. The molecule has 4 aromatic rings. The first-order valence-electron chi connectivity index (χ1n) is 9.23. The number of esters is 1. The van der Waals surface area contributed by atoms with Crippen molar-refractivity contribution in [2.24, 2.45) is 0 Å². The highest BCUT2D eigenvalue weighted by Crippen LogP contribution is 2.31. The number of fused-ring (bicyclic) bond motifs is 2. The van der Waals surface area contributed by atoms with Crippen molar-refractivity contribution < 1.29 is 27.8 Å². The Hall–Kier alpha value is -4.33. The van der Waals surface area contributed by atoms with E-state index in [0.29, 0.717) is 15.6 Å². The molecule has 2 aromatic heterocycles. The summed E-state index contributed by atoms with van der Waals surface area (Å²) in [5.74, 6) is -2.81. The number of alkyl halides is 3. The number of nitriles is 1. The Morgan fingerprint density at radius 3 is 2.50 bits per heavy atom. The van der Waals surface area contributed by atoms with Gasteiger partial charge in [0.05, 0.1) is 22.1 Å².